The molecule has 0 bridgehead atoms. The Hall–Kier alpha value is -1.83. The summed E-state index contributed by atoms with van der Waals surface area (Å²) >= 11 is 6.13. The van der Waals surface area contributed by atoms with E-state index in [1.165, 1.54) is 33.6 Å². The second-order valence-electron chi connectivity index (χ2n) is 10.5. The first-order valence-electron chi connectivity index (χ1n) is 12.1. The van der Waals surface area contributed by atoms with Crippen LogP contribution in [0.4, 0.5) is 0 Å². The number of nitrogens with zero attached hydrogens (tertiary/aromatic N) is 2. The second kappa shape index (κ2) is 9.32. The Morgan fingerprint density at radius 2 is 1.82 bits per heavy atom. The van der Waals surface area contributed by atoms with Crippen LogP contribution >= 0.6 is 24.4 Å². The minimum absolute atomic E-state index is 0.0410. The van der Waals surface area contributed by atoms with Crippen molar-refractivity contribution in [3.8, 4) is 5.75 Å². The summed E-state index contributed by atoms with van der Waals surface area (Å²) in [5.74, 6) is 0.907. The number of thiol groups is 1. The lowest BCUT2D eigenvalue weighted by molar-refractivity contribution is -0.124. The molecule has 1 aliphatic rings. The second-order valence-corrected chi connectivity index (χ2v) is 17.2. The first-order chi connectivity index (χ1) is 16.0. The van der Waals surface area contributed by atoms with E-state index in [9.17, 15) is 4.79 Å². The van der Waals surface area contributed by atoms with E-state index < -0.39 is 8.32 Å². The van der Waals surface area contributed by atoms with E-state index in [2.05, 4.69) is 94.4 Å². The van der Waals surface area contributed by atoms with Crippen molar-refractivity contribution in [2.24, 2.45) is 0 Å². The summed E-state index contributed by atoms with van der Waals surface area (Å²) in [4.78, 5) is 15.5. The van der Waals surface area contributed by atoms with Gasteiger partial charge in [-0.2, -0.15) is 0 Å². The molecule has 2 heterocycles. The van der Waals surface area contributed by atoms with Crippen molar-refractivity contribution >= 4 is 66.5 Å². The van der Waals surface area contributed by atoms with Gasteiger partial charge in [-0.25, -0.2) is 0 Å². The number of aryl methyl sites for hydroxylation is 1. The molecule has 1 fully saturated rings. The molecule has 0 radical (unpaired) electrons. The molecule has 1 amide bonds. The van der Waals surface area contributed by atoms with Gasteiger partial charge in [-0.15, -0.1) is 12.6 Å². The highest BCUT2D eigenvalue weighted by Crippen LogP contribution is 2.43. The summed E-state index contributed by atoms with van der Waals surface area (Å²) in [5, 5.41) is 2.50. The fourth-order valence-corrected chi connectivity index (χ4v) is 6.85. The molecule has 34 heavy (non-hydrogen) atoms. The normalized spacial score (nSPS) is 18.6. The van der Waals surface area contributed by atoms with Gasteiger partial charge in [0.1, 0.15) is 10.5 Å². The van der Waals surface area contributed by atoms with Gasteiger partial charge in [0.15, 0.2) is 0 Å². The molecular weight excluding hydrogens is 477 g/mol. The molecule has 1 aliphatic heterocycles. The van der Waals surface area contributed by atoms with Gasteiger partial charge < -0.3 is 13.9 Å². The zero-order valence-corrected chi connectivity index (χ0v) is 24.0. The molecular formula is C27H36N2O2S2Si. The third kappa shape index (κ3) is 4.42. The molecule has 4 nitrogen and oxygen atoms in total. The summed E-state index contributed by atoms with van der Waals surface area (Å²) < 4.78 is 9.14. The average Bonchev–Trinajstić information content (AvgIpc) is 3.21. The predicted molar refractivity (Wildman–Crippen MR) is 153 cm³/mol. The van der Waals surface area contributed by atoms with Crippen molar-refractivity contribution in [1.82, 2.24) is 9.47 Å². The number of carbonyl (C=O) groups is 1. The SMILES string of the molecule is CCCn1c2ccccc2c2cc(/C=C3/SC(S)N(CC)C3=O)c(O[Si](C)(C)C(C)(C)C)cc21. The number of fused-ring (bicyclic) bond motifs is 3. The van der Waals surface area contributed by atoms with Crippen molar-refractivity contribution in [1.29, 1.82) is 0 Å². The highest BCUT2D eigenvalue weighted by molar-refractivity contribution is 8.14. The molecule has 4 rings (SSSR count). The van der Waals surface area contributed by atoms with Crippen molar-refractivity contribution in [3.63, 3.8) is 0 Å². The Kier molecular flexibility index (Phi) is 6.93. The molecule has 7 heteroatoms. The van der Waals surface area contributed by atoms with E-state index in [1.54, 1.807) is 4.90 Å². The lowest BCUT2D eigenvalue weighted by atomic mass is 10.1. The van der Waals surface area contributed by atoms with Crippen molar-refractivity contribution < 1.29 is 9.22 Å². The van der Waals surface area contributed by atoms with Crippen LogP contribution in [-0.4, -0.2) is 34.9 Å². The minimum Gasteiger partial charge on any atom is -0.543 e. The highest BCUT2D eigenvalue weighted by Gasteiger charge is 2.40. The quantitative estimate of drug-likeness (QED) is 0.208. The number of hydrogen-bond donors (Lipinski definition) is 1. The molecule has 1 aromatic heterocycles. The van der Waals surface area contributed by atoms with Crippen LogP contribution in [0, 0.1) is 0 Å². The molecule has 0 N–H and O–H groups in total. The lowest BCUT2D eigenvalue weighted by Gasteiger charge is -2.37. The Morgan fingerprint density at radius 1 is 1.12 bits per heavy atom. The average molecular weight is 513 g/mol. The molecule has 0 saturated carbocycles. The summed E-state index contributed by atoms with van der Waals surface area (Å²) in [5.41, 5.74) is 3.39. The number of amides is 1. The highest BCUT2D eigenvalue weighted by atomic mass is 32.2. The third-order valence-electron chi connectivity index (χ3n) is 7.12. The third-order valence-corrected chi connectivity index (χ3v) is 13.1. The Morgan fingerprint density at radius 3 is 2.44 bits per heavy atom. The van der Waals surface area contributed by atoms with E-state index in [4.69, 9.17) is 4.43 Å². The maximum atomic E-state index is 13.0. The first-order valence-corrected chi connectivity index (χ1v) is 16.4. The molecule has 2 aromatic carbocycles. The van der Waals surface area contributed by atoms with Gasteiger partial charge in [0.05, 0.1) is 10.4 Å². The fourth-order valence-electron chi connectivity index (χ4n) is 4.19. The summed E-state index contributed by atoms with van der Waals surface area (Å²) in [6.07, 6.45) is 3.07. The van der Waals surface area contributed by atoms with Crippen LogP contribution in [0.1, 0.15) is 46.6 Å². The molecule has 3 aromatic rings. The number of carbonyl (C=O) groups excluding carboxylic acids is 1. The minimum atomic E-state index is -2.10. The number of thioether (sulfide) groups is 1. The standard InChI is InChI=1S/C27H36N2O2S2Si/c1-8-14-29-21-13-11-10-12-19(21)20-15-18(16-24-25(30)28(9-2)26(32)33-24)23(17-22(20)29)31-34(6,7)27(3,4)5/h10-13,15-17,26,32H,8-9,14H2,1-7H3/b24-16+. The van der Waals surface area contributed by atoms with E-state index in [-0.39, 0.29) is 15.7 Å². The Bertz CT molecular complexity index is 1270. The van der Waals surface area contributed by atoms with Gasteiger partial charge in [0.25, 0.3) is 14.2 Å². The first kappa shape index (κ1) is 25.3. The van der Waals surface area contributed by atoms with Crippen LogP contribution in [0.25, 0.3) is 27.9 Å². The van der Waals surface area contributed by atoms with E-state index in [0.717, 1.165) is 29.2 Å². The summed E-state index contributed by atoms with van der Waals surface area (Å²) in [6, 6.07) is 13.0. The van der Waals surface area contributed by atoms with Crippen LogP contribution < -0.4 is 4.43 Å². The largest absolute Gasteiger partial charge is 0.543 e. The summed E-state index contributed by atoms with van der Waals surface area (Å²) in [7, 11) is -2.10. The number of aromatic nitrogens is 1. The smallest absolute Gasteiger partial charge is 0.261 e. The number of para-hydroxylation sites is 1. The van der Waals surface area contributed by atoms with Gasteiger partial charge in [0, 0.05) is 41.0 Å². The maximum Gasteiger partial charge on any atom is 0.261 e. The maximum absolute atomic E-state index is 13.0. The van der Waals surface area contributed by atoms with E-state index >= 15 is 0 Å². The van der Waals surface area contributed by atoms with Crippen molar-refractivity contribution in [3.05, 3.63) is 46.9 Å². The monoisotopic (exact) mass is 512 g/mol. The van der Waals surface area contributed by atoms with Crippen LogP contribution in [0.15, 0.2) is 41.3 Å². The van der Waals surface area contributed by atoms with Gasteiger partial charge >= 0.3 is 0 Å². The molecule has 1 saturated heterocycles. The van der Waals surface area contributed by atoms with Gasteiger partial charge in [-0.1, -0.05) is 57.7 Å². The number of benzene rings is 2. The molecule has 0 aliphatic carbocycles. The molecule has 1 unspecified atom stereocenters. The predicted octanol–water partition coefficient (Wildman–Crippen LogP) is 7.74. The van der Waals surface area contributed by atoms with Crippen LogP contribution in [0.5, 0.6) is 5.75 Å². The Balaban J connectivity index is 1.96. The van der Waals surface area contributed by atoms with E-state index in [1.807, 2.05) is 13.0 Å². The zero-order chi connectivity index (χ0) is 24.8. The van der Waals surface area contributed by atoms with E-state index in [0.29, 0.717) is 6.54 Å². The number of hydrogen-bond acceptors (Lipinski definition) is 4. The lowest BCUT2D eigenvalue weighted by Crippen LogP contribution is -2.44. The molecule has 1 atom stereocenters. The van der Waals surface area contributed by atoms with Gasteiger partial charge in [0.2, 0.25) is 0 Å². The Labute approximate surface area is 214 Å². The fraction of sp³-hybridized carbons (Fsp3) is 0.444. The van der Waals surface area contributed by atoms with Crippen LogP contribution in [0.2, 0.25) is 18.1 Å². The molecule has 182 valence electrons. The van der Waals surface area contributed by atoms with Gasteiger partial charge in [-0.3, -0.25) is 4.79 Å². The van der Waals surface area contributed by atoms with Crippen molar-refractivity contribution in [2.45, 2.75) is 70.4 Å². The zero-order valence-electron chi connectivity index (χ0n) is 21.3. The summed E-state index contributed by atoms with van der Waals surface area (Å²) in [6.45, 7) is 17.1. The number of rotatable bonds is 6. The number of likely N-dealkylation sites (N-methyl/N-ethyl adjacent to an activating group) is 1. The topological polar surface area (TPSA) is 34.5 Å². The van der Waals surface area contributed by atoms with Crippen molar-refractivity contribution in [2.75, 3.05) is 6.54 Å². The van der Waals surface area contributed by atoms with Gasteiger partial charge in [-0.05, 0) is 49.7 Å². The molecule has 0 spiro atoms. The van der Waals surface area contributed by atoms with Crippen LogP contribution in [0.3, 0.4) is 0 Å². The van der Waals surface area contributed by atoms with Crippen LogP contribution in [-0.2, 0) is 11.3 Å².